The molecule has 12 heteroatoms. The van der Waals surface area contributed by atoms with E-state index in [0.29, 0.717) is 23.6 Å². The molecule has 2 amide bonds. The molecule has 0 aliphatic carbocycles. The van der Waals surface area contributed by atoms with Crippen LogP contribution in [0.3, 0.4) is 0 Å². The van der Waals surface area contributed by atoms with Gasteiger partial charge in [-0.1, -0.05) is 30.3 Å². The number of cyclic esters (lactones) is 1. The number of nitrogens with zero attached hydrogens (tertiary/aromatic N) is 2. The quantitative estimate of drug-likeness (QED) is 0.372. The van der Waals surface area contributed by atoms with E-state index in [4.69, 9.17) is 18.9 Å². The van der Waals surface area contributed by atoms with Gasteiger partial charge in [0.2, 0.25) is 10.0 Å². The Hall–Kier alpha value is -4.13. The lowest BCUT2D eigenvalue weighted by molar-refractivity contribution is -0.131. The van der Waals surface area contributed by atoms with E-state index in [9.17, 15) is 18.0 Å². The summed E-state index contributed by atoms with van der Waals surface area (Å²) >= 11 is 0. The highest BCUT2D eigenvalue weighted by molar-refractivity contribution is 7.89. The van der Waals surface area contributed by atoms with Crippen molar-refractivity contribution in [2.75, 3.05) is 38.8 Å². The van der Waals surface area contributed by atoms with Gasteiger partial charge in [0.15, 0.2) is 6.10 Å². The minimum atomic E-state index is -3.85. The van der Waals surface area contributed by atoms with Gasteiger partial charge in [0.1, 0.15) is 11.5 Å². The van der Waals surface area contributed by atoms with Crippen molar-refractivity contribution >= 4 is 27.7 Å². The number of rotatable bonds is 10. The van der Waals surface area contributed by atoms with Gasteiger partial charge in [-0.05, 0) is 67.4 Å². The number of morpholine rings is 1. The summed E-state index contributed by atoms with van der Waals surface area (Å²) in [5, 5.41) is 3.01. The van der Waals surface area contributed by atoms with Crippen LogP contribution in [-0.2, 0) is 30.7 Å². The maximum atomic E-state index is 13.6. The van der Waals surface area contributed by atoms with Crippen LogP contribution in [0.1, 0.15) is 12.5 Å². The van der Waals surface area contributed by atoms with Gasteiger partial charge in [-0.25, -0.2) is 13.2 Å². The monoisotopic (exact) mass is 609 g/mol. The Morgan fingerprint density at radius 2 is 1.56 bits per heavy atom. The van der Waals surface area contributed by atoms with E-state index in [1.807, 2.05) is 30.3 Å². The lowest BCUT2D eigenvalue weighted by Gasteiger charge is -2.40. The summed E-state index contributed by atoms with van der Waals surface area (Å²) in [4.78, 5) is 27.7. The van der Waals surface area contributed by atoms with Crippen molar-refractivity contribution in [2.24, 2.45) is 0 Å². The fourth-order valence-corrected chi connectivity index (χ4v) is 6.78. The molecule has 0 aromatic heterocycles. The Kier molecular flexibility index (Phi) is 9.19. The van der Waals surface area contributed by atoms with Crippen LogP contribution < -0.4 is 19.7 Å². The van der Waals surface area contributed by atoms with E-state index in [2.05, 4.69) is 5.32 Å². The van der Waals surface area contributed by atoms with Gasteiger partial charge in [-0.3, -0.25) is 9.69 Å². The topological polar surface area (TPSA) is 124 Å². The summed E-state index contributed by atoms with van der Waals surface area (Å²) in [5.74, 6) is 0.701. The molecule has 4 atom stereocenters. The predicted molar refractivity (Wildman–Crippen MR) is 159 cm³/mol. The van der Waals surface area contributed by atoms with Crippen LogP contribution >= 0.6 is 0 Å². The SMILES string of the molecule is COc1ccc(N2C[C@@H](C(=O)N[C@@H](Cc3ccccc3)[C@H]3CN(S(=O)(=O)c4ccc(OC)cc4)CC(C)O3)OC2=O)cc1. The first-order valence-corrected chi connectivity index (χ1v) is 15.4. The molecule has 2 fully saturated rings. The molecule has 2 aliphatic rings. The number of carbonyl (C=O) groups excluding carboxylic acids is 2. The van der Waals surface area contributed by atoms with E-state index in [0.717, 1.165) is 5.56 Å². The summed E-state index contributed by atoms with van der Waals surface area (Å²) < 4.78 is 50.6. The second kappa shape index (κ2) is 13.0. The molecule has 0 spiro atoms. The van der Waals surface area contributed by atoms with Crippen molar-refractivity contribution in [1.82, 2.24) is 9.62 Å². The molecule has 3 aromatic rings. The van der Waals surface area contributed by atoms with Gasteiger partial charge in [-0.2, -0.15) is 4.31 Å². The average Bonchev–Trinajstić information content (AvgIpc) is 3.42. The standard InChI is InChI=1S/C31H35N3O8S/c1-21-18-33(43(37,38)26-15-13-25(40-3)14-16-26)19-28(41-21)27(17-22-7-5-4-6-8-22)32-30(35)29-20-34(31(36)42-29)23-9-11-24(39-2)12-10-23/h4-16,21,27-29H,17-20H2,1-3H3,(H,32,35)/t21?,27-,28+,29-/m0/s1. The van der Waals surface area contributed by atoms with Crippen LogP contribution in [0.25, 0.3) is 0 Å². The molecule has 0 radical (unpaired) electrons. The van der Waals surface area contributed by atoms with Gasteiger partial charge in [0.05, 0.1) is 43.9 Å². The summed E-state index contributed by atoms with van der Waals surface area (Å²) in [6, 6.07) is 22.0. The minimum Gasteiger partial charge on any atom is -0.497 e. The Morgan fingerprint density at radius 3 is 2.19 bits per heavy atom. The Balaban J connectivity index is 1.34. The molecule has 0 bridgehead atoms. The summed E-state index contributed by atoms with van der Waals surface area (Å²) in [5.41, 5.74) is 1.51. The molecule has 228 valence electrons. The zero-order valence-corrected chi connectivity index (χ0v) is 25.0. The number of hydrogen-bond donors (Lipinski definition) is 1. The van der Waals surface area contributed by atoms with Crippen LogP contribution in [0.4, 0.5) is 10.5 Å². The number of sulfonamides is 1. The average molecular weight is 610 g/mol. The van der Waals surface area contributed by atoms with Crippen LogP contribution in [0, 0.1) is 0 Å². The number of ether oxygens (including phenoxy) is 4. The van der Waals surface area contributed by atoms with E-state index in [1.165, 1.54) is 28.4 Å². The summed E-state index contributed by atoms with van der Waals surface area (Å²) in [6.45, 7) is 2.01. The smallest absolute Gasteiger partial charge is 0.415 e. The number of amides is 2. The Bertz CT molecular complexity index is 1520. The molecule has 5 rings (SSSR count). The number of methoxy groups -OCH3 is 2. The molecule has 2 aliphatic heterocycles. The summed E-state index contributed by atoms with van der Waals surface area (Å²) in [6.07, 6.45) is -2.42. The maximum Gasteiger partial charge on any atom is 0.415 e. The van der Waals surface area contributed by atoms with Crippen molar-refractivity contribution in [3.05, 3.63) is 84.4 Å². The van der Waals surface area contributed by atoms with Crippen molar-refractivity contribution in [1.29, 1.82) is 0 Å². The first-order valence-electron chi connectivity index (χ1n) is 13.9. The third-order valence-corrected chi connectivity index (χ3v) is 9.36. The van der Waals surface area contributed by atoms with Crippen LogP contribution in [-0.4, -0.2) is 82.9 Å². The highest BCUT2D eigenvalue weighted by Crippen LogP contribution is 2.27. The first-order chi connectivity index (χ1) is 20.7. The van der Waals surface area contributed by atoms with Gasteiger partial charge >= 0.3 is 6.09 Å². The molecule has 3 aromatic carbocycles. The fourth-order valence-electron chi connectivity index (χ4n) is 5.25. The van der Waals surface area contributed by atoms with E-state index in [1.54, 1.807) is 50.4 Å². The molecular weight excluding hydrogens is 574 g/mol. The van der Waals surface area contributed by atoms with Crippen LogP contribution in [0.5, 0.6) is 11.5 Å². The lowest BCUT2D eigenvalue weighted by Crippen LogP contribution is -2.58. The molecular formula is C31H35N3O8S. The second-order valence-electron chi connectivity index (χ2n) is 10.5. The number of anilines is 1. The normalized spacial score (nSPS) is 21.6. The second-order valence-corrected chi connectivity index (χ2v) is 12.4. The van der Waals surface area contributed by atoms with E-state index in [-0.39, 0.29) is 24.5 Å². The molecule has 1 unspecified atom stereocenters. The Morgan fingerprint density at radius 1 is 0.930 bits per heavy atom. The predicted octanol–water partition coefficient (Wildman–Crippen LogP) is 3.23. The zero-order chi connectivity index (χ0) is 30.6. The third kappa shape index (κ3) is 6.93. The largest absolute Gasteiger partial charge is 0.497 e. The van der Waals surface area contributed by atoms with Crippen molar-refractivity contribution in [3.63, 3.8) is 0 Å². The van der Waals surface area contributed by atoms with Crippen molar-refractivity contribution < 1.29 is 37.0 Å². The zero-order valence-electron chi connectivity index (χ0n) is 24.2. The van der Waals surface area contributed by atoms with E-state index >= 15 is 0 Å². The number of carbonyl (C=O) groups is 2. The number of hydrogen-bond acceptors (Lipinski definition) is 8. The molecule has 1 N–H and O–H groups in total. The minimum absolute atomic E-state index is 0.0228. The van der Waals surface area contributed by atoms with Crippen LogP contribution in [0.2, 0.25) is 0 Å². The molecule has 0 saturated carbocycles. The van der Waals surface area contributed by atoms with Gasteiger partial charge in [0.25, 0.3) is 5.91 Å². The van der Waals surface area contributed by atoms with Crippen molar-refractivity contribution in [2.45, 2.75) is 42.6 Å². The molecule has 2 heterocycles. The highest BCUT2D eigenvalue weighted by Gasteiger charge is 2.41. The fraction of sp³-hybridized carbons (Fsp3) is 0.355. The Labute approximate surface area is 251 Å². The molecule has 43 heavy (non-hydrogen) atoms. The number of benzene rings is 3. The number of nitrogens with one attached hydrogen (secondary N) is 1. The molecule has 2 saturated heterocycles. The maximum absolute atomic E-state index is 13.6. The van der Waals surface area contributed by atoms with Crippen molar-refractivity contribution in [3.8, 4) is 11.5 Å². The van der Waals surface area contributed by atoms with Gasteiger partial charge in [-0.15, -0.1) is 0 Å². The van der Waals surface area contributed by atoms with Crippen LogP contribution in [0.15, 0.2) is 83.8 Å². The van der Waals surface area contributed by atoms with Gasteiger partial charge in [0, 0.05) is 18.8 Å². The first kappa shape index (κ1) is 30.3. The van der Waals surface area contributed by atoms with E-state index < -0.39 is 46.4 Å². The third-order valence-electron chi connectivity index (χ3n) is 7.51. The van der Waals surface area contributed by atoms with Gasteiger partial charge < -0.3 is 24.3 Å². The summed E-state index contributed by atoms with van der Waals surface area (Å²) in [7, 11) is -0.786. The lowest BCUT2D eigenvalue weighted by atomic mass is 9.99. The highest BCUT2D eigenvalue weighted by atomic mass is 32.2. The molecule has 11 nitrogen and oxygen atoms in total.